The van der Waals surface area contributed by atoms with Crippen LogP contribution in [-0.4, -0.2) is 34.9 Å². The van der Waals surface area contributed by atoms with Crippen LogP contribution in [0.5, 0.6) is 11.5 Å². The second-order valence-corrected chi connectivity index (χ2v) is 4.81. The highest BCUT2D eigenvalue weighted by Gasteiger charge is 2.15. The average Bonchev–Trinajstić information content (AvgIpc) is 3.05. The molecule has 2 aromatic rings. The molecule has 0 bridgehead atoms. The zero-order valence-corrected chi connectivity index (χ0v) is 12.9. The molecular weight excluding hydrogens is 284 g/mol. The molecule has 0 saturated heterocycles. The van der Waals surface area contributed by atoms with Crippen molar-refractivity contribution in [1.29, 1.82) is 0 Å². The maximum atomic E-state index is 12.0. The van der Waals surface area contributed by atoms with Gasteiger partial charge < -0.3 is 14.8 Å². The lowest BCUT2D eigenvalue weighted by Crippen LogP contribution is -2.27. The number of rotatable bonds is 7. The quantitative estimate of drug-likeness (QED) is 0.840. The van der Waals surface area contributed by atoms with Crippen LogP contribution >= 0.6 is 0 Å². The van der Waals surface area contributed by atoms with E-state index in [1.54, 1.807) is 31.3 Å². The van der Waals surface area contributed by atoms with Gasteiger partial charge in [-0.1, -0.05) is 0 Å². The lowest BCUT2D eigenvalue weighted by atomic mass is 10.1. The van der Waals surface area contributed by atoms with Crippen LogP contribution in [-0.2, 0) is 11.3 Å². The molecule has 0 aliphatic rings. The second kappa shape index (κ2) is 7.44. The van der Waals surface area contributed by atoms with Crippen LogP contribution in [0.15, 0.2) is 30.9 Å². The van der Waals surface area contributed by atoms with Crippen molar-refractivity contribution in [1.82, 2.24) is 20.1 Å². The summed E-state index contributed by atoms with van der Waals surface area (Å²) >= 11 is 0. The van der Waals surface area contributed by atoms with E-state index in [4.69, 9.17) is 9.47 Å². The molecule has 22 heavy (non-hydrogen) atoms. The third-order valence-corrected chi connectivity index (χ3v) is 3.32. The molecule has 1 atom stereocenters. The highest BCUT2D eigenvalue weighted by atomic mass is 16.5. The Bertz CT molecular complexity index is 613. The number of hydrogen-bond donors (Lipinski definition) is 1. The van der Waals surface area contributed by atoms with Crippen molar-refractivity contribution in [2.24, 2.45) is 0 Å². The van der Waals surface area contributed by atoms with Crippen LogP contribution in [0.1, 0.15) is 24.9 Å². The van der Waals surface area contributed by atoms with Gasteiger partial charge in [0.1, 0.15) is 24.2 Å². The maximum Gasteiger partial charge on any atom is 0.222 e. The summed E-state index contributed by atoms with van der Waals surface area (Å²) < 4.78 is 12.1. The van der Waals surface area contributed by atoms with Crippen LogP contribution in [0.4, 0.5) is 0 Å². The molecule has 1 heterocycles. The van der Waals surface area contributed by atoms with Crippen molar-refractivity contribution in [3.63, 3.8) is 0 Å². The minimum atomic E-state index is -0.163. The van der Waals surface area contributed by atoms with E-state index in [-0.39, 0.29) is 11.9 Å². The lowest BCUT2D eigenvalue weighted by molar-refractivity contribution is -0.122. The number of hydrogen-bond acceptors (Lipinski definition) is 5. The van der Waals surface area contributed by atoms with Gasteiger partial charge in [0, 0.05) is 18.1 Å². The summed E-state index contributed by atoms with van der Waals surface area (Å²) in [4.78, 5) is 15.8. The zero-order chi connectivity index (χ0) is 15.9. The predicted octanol–water partition coefficient (Wildman–Crippen LogP) is 1.56. The fourth-order valence-corrected chi connectivity index (χ4v) is 2.13. The van der Waals surface area contributed by atoms with Gasteiger partial charge in [-0.25, -0.2) is 4.98 Å². The molecule has 118 valence electrons. The first kappa shape index (κ1) is 15.8. The van der Waals surface area contributed by atoms with Gasteiger partial charge in [-0.3, -0.25) is 9.48 Å². The second-order valence-electron chi connectivity index (χ2n) is 4.81. The number of nitrogens with zero attached hydrogens (tertiary/aromatic N) is 3. The third-order valence-electron chi connectivity index (χ3n) is 3.32. The maximum absolute atomic E-state index is 12.0. The number of carbonyl (C=O) groups excluding carboxylic acids is 1. The molecule has 7 nitrogen and oxygen atoms in total. The molecule has 1 N–H and O–H groups in total. The number of aromatic nitrogens is 3. The highest BCUT2D eigenvalue weighted by Crippen LogP contribution is 2.29. The average molecular weight is 304 g/mol. The molecule has 0 saturated carbocycles. The molecule has 7 heteroatoms. The summed E-state index contributed by atoms with van der Waals surface area (Å²) in [5.41, 5.74) is 0.900. The van der Waals surface area contributed by atoms with E-state index in [9.17, 15) is 4.79 Å². The first-order valence-electron chi connectivity index (χ1n) is 6.97. The van der Waals surface area contributed by atoms with Crippen molar-refractivity contribution in [3.8, 4) is 11.5 Å². The van der Waals surface area contributed by atoms with Crippen molar-refractivity contribution < 1.29 is 14.3 Å². The SMILES string of the molecule is COc1ccc(C(C)NC(=O)CCn2cncn2)c(OC)c1. The Morgan fingerprint density at radius 3 is 2.82 bits per heavy atom. The van der Waals surface area contributed by atoms with E-state index < -0.39 is 0 Å². The standard InChI is InChI=1S/C15H20N4O3/c1-11(13-5-4-12(21-2)8-14(13)22-3)18-15(20)6-7-19-10-16-9-17-19/h4-5,8-11H,6-7H2,1-3H3,(H,18,20). The Morgan fingerprint density at radius 1 is 1.36 bits per heavy atom. The molecule has 0 spiro atoms. The number of benzene rings is 1. The summed E-state index contributed by atoms with van der Waals surface area (Å²) in [5.74, 6) is 1.34. The molecular formula is C15H20N4O3. The van der Waals surface area contributed by atoms with E-state index in [0.717, 1.165) is 5.56 Å². The topological polar surface area (TPSA) is 78.3 Å². The van der Waals surface area contributed by atoms with Gasteiger partial charge in [-0.2, -0.15) is 5.10 Å². The van der Waals surface area contributed by atoms with Crippen molar-refractivity contribution in [2.45, 2.75) is 25.9 Å². The van der Waals surface area contributed by atoms with E-state index >= 15 is 0 Å². The number of methoxy groups -OCH3 is 2. The Kier molecular flexibility index (Phi) is 5.35. The fourth-order valence-electron chi connectivity index (χ4n) is 2.13. The van der Waals surface area contributed by atoms with Crippen LogP contribution in [0.2, 0.25) is 0 Å². The monoisotopic (exact) mass is 304 g/mol. The largest absolute Gasteiger partial charge is 0.497 e. The molecule has 0 fully saturated rings. The Morgan fingerprint density at radius 2 is 2.18 bits per heavy atom. The van der Waals surface area contributed by atoms with Crippen molar-refractivity contribution >= 4 is 5.91 Å². The number of aryl methyl sites for hydroxylation is 1. The van der Waals surface area contributed by atoms with Gasteiger partial charge >= 0.3 is 0 Å². The molecule has 1 aromatic carbocycles. The molecule has 1 amide bonds. The van der Waals surface area contributed by atoms with Crippen molar-refractivity contribution in [2.75, 3.05) is 14.2 Å². The van der Waals surface area contributed by atoms with Crippen LogP contribution in [0, 0.1) is 0 Å². The van der Waals surface area contributed by atoms with Gasteiger partial charge in [0.05, 0.1) is 26.8 Å². The lowest BCUT2D eigenvalue weighted by Gasteiger charge is -2.18. The summed E-state index contributed by atoms with van der Waals surface area (Å²) in [5, 5.41) is 6.91. The molecule has 1 aromatic heterocycles. The first-order chi connectivity index (χ1) is 10.6. The molecule has 0 aliphatic heterocycles. The molecule has 2 rings (SSSR count). The van der Waals surface area contributed by atoms with Crippen molar-refractivity contribution in [3.05, 3.63) is 36.4 Å². The van der Waals surface area contributed by atoms with Gasteiger partial charge in [-0.15, -0.1) is 0 Å². The van der Waals surface area contributed by atoms with E-state index in [1.165, 1.54) is 6.33 Å². The van der Waals surface area contributed by atoms with Gasteiger partial charge in [0.15, 0.2) is 0 Å². The van der Waals surface area contributed by atoms with Gasteiger partial charge in [0.2, 0.25) is 5.91 Å². The number of amides is 1. The van der Waals surface area contributed by atoms with Gasteiger partial charge in [0.25, 0.3) is 0 Å². The van der Waals surface area contributed by atoms with Gasteiger partial charge in [-0.05, 0) is 19.1 Å². The minimum Gasteiger partial charge on any atom is -0.497 e. The number of ether oxygens (including phenoxy) is 2. The normalized spacial score (nSPS) is 11.8. The molecule has 0 radical (unpaired) electrons. The van der Waals surface area contributed by atoms with Crippen LogP contribution in [0.25, 0.3) is 0 Å². The summed E-state index contributed by atoms with van der Waals surface area (Å²) in [6.45, 7) is 2.41. The number of carbonyl (C=O) groups is 1. The Labute approximate surface area is 129 Å². The van der Waals surface area contributed by atoms with Crippen LogP contribution < -0.4 is 14.8 Å². The van der Waals surface area contributed by atoms with E-state index in [1.807, 2.05) is 19.1 Å². The van der Waals surface area contributed by atoms with Crippen LogP contribution in [0.3, 0.4) is 0 Å². The number of nitrogens with one attached hydrogen (secondary N) is 1. The summed E-state index contributed by atoms with van der Waals surface area (Å²) in [7, 11) is 3.20. The predicted molar refractivity (Wildman–Crippen MR) is 80.7 cm³/mol. The summed E-state index contributed by atoms with van der Waals surface area (Å²) in [6, 6.07) is 5.37. The highest BCUT2D eigenvalue weighted by molar-refractivity contribution is 5.76. The minimum absolute atomic E-state index is 0.0547. The first-order valence-corrected chi connectivity index (χ1v) is 6.97. The zero-order valence-electron chi connectivity index (χ0n) is 12.9. The molecule has 0 aliphatic carbocycles. The van der Waals surface area contributed by atoms with E-state index in [0.29, 0.717) is 24.5 Å². The Balaban J connectivity index is 1.96. The fraction of sp³-hybridized carbons (Fsp3) is 0.400. The third kappa shape index (κ3) is 3.97. The smallest absolute Gasteiger partial charge is 0.222 e. The summed E-state index contributed by atoms with van der Waals surface area (Å²) in [6.07, 6.45) is 3.37. The van der Waals surface area contributed by atoms with E-state index in [2.05, 4.69) is 15.4 Å². The Hall–Kier alpha value is -2.57. The molecule has 1 unspecified atom stereocenters.